The van der Waals surface area contributed by atoms with Crippen LogP contribution in [0.1, 0.15) is 20.8 Å². The SMILES string of the molecule is CC(C)(C)OC(=O)NCCOCCOCCOCCOCCOCCOCCOCCOCCOCCOCCOCCOCCOCCOCCN. The number of carbonyl (C=O) groups is 1. The molecule has 53 heavy (non-hydrogen) atoms. The van der Waals surface area contributed by atoms with E-state index in [-0.39, 0.29) is 0 Å². The molecule has 318 valence electrons. The first-order chi connectivity index (χ1) is 26.0. The van der Waals surface area contributed by atoms with Crippen LogP contribution in [-0.4, -0.2) is 210 Å². The van der Waals surface area contributed by atoms with E-state index in [9.17, 15) is 4.79 Å². The van der Waals surface area contributed by atoms with E-state index in [1.807, 2.05) is 20.8 Å². The van der Waals surface area contributed by atoms with E-state index in [2.05, 4.69) is 5.32 Å². The van der Waals surface area contributed by atoms with Crippen molar-refractivity contribution in [3.63, 3.8) is 0 Å². The summed E-state index contributed by atoms with van der Waals surface area (Å²) in [4.78, 5) is 11.5. The fraction of sp³-hybridized carbons (Fsp3) is 0.971. The molecular weight excluding hydrogens is 704 g/mol. The molecule has 0 aliphatic heterocycles. The summed E-state index contributed by atoms with van der Waals surface area (Å²) in [6.45, 7) is 20.2. The van der Waals surface area contributed by atoms with Gasteiger partial charge in [0.05, 0.1) is 185 Å². The van der Waals surface area contributed by atoms with Crippen LogP contribution in [0.15, 0.2) is 0 Å². The Hall–Kier alpha value is -1.33. The Balaban J connectivity index is 3.09. The fourth-order valence-electron chi connectivity index (χ4n) is 3.58. The first-order valence-corrected chi connectivity index (χ1v) is 18.7. The number of amides is 1. The van der Waals surface area contributed by atoms with Crippen molar-refractivity contribution in [1.82, 2.24) is 5.32 Å². The second-order valence-corrected chi connectivity index (χ2v) is 11.8. The van der Waals surface area contributed by atoms with Gasteiger partial charge < -0.3 is 82.1 Å². The highest BCUT2D eigenvalue weighted by Gasteiger charge is 2.15. The summed E-state index contributed by atoms with van der Waals surface area (Å²) in [5.41, 5.74) is 4.82. The minimum atomic E-state index is -0.515. The van der Waals surface area contributed by atoms with Crippen LogP contribution in [0.4, 0.5) is 4.79 Å². The van der Waals surface area contributed by atoms with E-state index in [1.54, 1.807) is 0 Å². The summed E-state index contributed by atoms with van der Waals surface area (Å²) in [6, 6.07) is 0. The molecule has 18 heteroatoms. The van der Waals surface area contributed by atoms with Gasteiger partial charge in [-0.15, -0.1) is 0 Å². The van der Waals surface area contributed by atoms with Gasteiger partial charge >= 0.3 is 6.09 Å². The van der Waals surface area contributed by atoms with Gasteiger partial charge in [-0.1, -0.05) is 0 Å². The predicted molar refractivity (Wildman–Crippen MR) is 195 cm³/mol. The number of carbonyl (C=O) groups excluding carboxylic acids is 1. The lowest BCUT2D eigenvalue weighted by Gasteiger charge is -2.19. The molecule has 0 atom stereocenters. The Morgan fingerprint density at radius 3 is 0.736 bits per heavy atom. The van der Waals surface area contributed by atoms with Crippen molar-refractivity contribution in [2.45, 2.75) is 26.4 Å². The third-order valence-corrected chi connectivity index (χ3v) is 6.01. The third kappa shape index (κ3) is 48.7. The fourth-order valence-corrected chi connectivity index (χ4v) is 3.58. The molecule has 1 amide bonds. The normalized spacial score (nSPS) is 11.8. The van der Waals surface area contributed by atoms with E-state index >= 15 is 0 Å². The number of hydrogen-bond acceptors (Lipinski definition) is 17. The van der Waals surface area contributed by atoms with Gasteiger partial charge in [-0.3, -0.25) is 0 Å². The van der Waals surface area contributed by atoms with Crippen LogP contribution in [0.2, 0.25) is 0 Å². The summed E-state index contributed by atoms with van der Waals surface area (Å²) in [5, 5.41) is 2.63. The van der Waals surface area contributed by atoms with Crippen molar-refractivity contribution < 1.29 is 75.8 Å². The summed E-state index contributed by atoms with van der Waals surface area (Å²) in [6.07, 6.45) is -0.455. The number of hydrogen-bond donors (Lipinski definition) is 2. The number of rotatable bonds is 44. The molecule has 0 aromatic rings. The maximum atomic E-state index is 11.5. The van der Waals surface area contributed by atoms with Gasteiger partial charge in [0.2, 0.25) is 0 Å². The smallest absolute Gasteiger partial charge is 0.407 e. The lowest BCUT2D eigenvalue weighted by molar-refractivity contribution is -0.0295. The zero-order chi connectivity index (χ0) is 38.6. The first kappa shape index (κ1) is 51.7. The Bertz CT molecular complexity index is 724. The molecule has 0 aliphatic carbocycles. The monoisotopic (exact) mass is 776 g/mol. The highest BCUT2D eigenvalue weighted by atomic mass is 16.6. The highest BCUT2D eigenvalue weighted by Crippen LogP contribution is 2.06. The lowest BCUT2D eigenvalue weighted by Crippen LogP contribution is -2.34. The summed E-state index contributed by atoms with van der Waals surface area (Å²) in [7, 11) is 0. The summed E-state index contributed by atoms with van der Waals surface area (Å²) < 4.78 is 81.2. The summed E-state index contributed by atoms with van der Waals surface area (Å²) >= 11 is 0. The molecule has 0 spiro atoms. The zero-order valence-corrected chi connectivity index (χ0v) is 32.8. The number of ether oxygens (including phenoxy) is 15. The molecule has 0 radical (unpaired) electrons. The van der Waals surface area contributed by atoms with Crippen LogP contribution < -0.4 is 11.1 Å². The second kappa shape index (κ2) is 43.4. The molecule has 0 saturated carbocycles. The van der Waals surface area contributed by atoms with Crippen LogP contribution in [0.5, 0.6) is 0 Å². The van der Waals surface area contributed by atoms with Crippen molar-refractivity contribution in [1.29, 1.82) is 0 Å². The van der Waals surface area contributed by atoms with Crippen molar-refractivity contribution in [3.05, 3.63) is 0 Å². The molecular formula is C35H72N2O16. The average molecular weight is 777 g/mol. The quantitative estimate of drug-likeness (QED) is 0.0821. The average Bonchev–Trinajstić information content (AvgIpc) is 3.12. The second-order valence-electron chi connectivity index (χ2n) is 11.8. The lowest BCUT2D eigenvalue weighted by atomic mass is 10.2. The van der Waals surface area contributed by atoms with Gasteiger partial charge in [-0.2, -0.15) is 0 Å². The molecule has 0 aromatic carbocycles. The summed E-state index contributed by atoms with van der Waals surface area (Å²) in [5.74, 6) is 0. The molecule has 0 unspecified atom stereocenters. The maximum absolute atomic E-state index is 11.5. The largest absolute Gasteiger partial charge is 0.444 e. The van der Waals surface area contributed by atoms with Crippen molar-refractivity contribution >= 4 is 6.09 Å². The molecule has 3 N–H and O–H groups in total. The minimum Gasteiger partial charge on any atom is -0.444 e. The van der Waals surface area contributed by atoms with Crippen molar-refractivity contribution in [3.8, 4) is 0 Å². The van der Waals surface area contributed by atoms with Crippen LogP contribution in [0.25, 0.3) is 0 Å². The van der Waals surface area contributed by atoms with Gasteiger partial charge in [-0.25, -0.2) is 4.79 Å². The topological polar surface area (TPSA) is 194 Å². The molecule has 0 saturated heterocycles. The van der Waals surface area contributed by atoms with Gasteiger partial charge in [0.1, 0.15) is 5.60 Å². The van der Waals surface area contributed by atoms with Crippen molar-refractivity contribution in [2.75, 3.05) is 198 Å². The van der Waals surface area contributed by atoms with Gasteiger partial charge in [0.15, 0.2) is 0 Å². The highest BCUT2D eigenvalue weighted by molar-refractivity contribution is 5.67. The Labute approximate surface area is 317 Å². The number of nitrogens with two attached hydrogens (primary N) is 1. The Morgan fingerprint density at radius 1 is 0.358 bits per heavy atom. The van der Waals surface area contributed by atoms with E-state index in [0.717, 1.165) is 0 Å². The van der Waals surface area contributed by atoms with E-state index in [1.165, 1.54) is 0 Å². The molecule has 0 rings (SSSR count). The number of alkyl carbamates (subject to hydrolysis) is 1. The minimum absolute atomic E-state index is 0.380. The van der Waals surface area contributed by atoms with Crippen LogP contribution in [-0.2, 0) is 71.1 Å². The third-order valence-electron chi connectivity index (χ3n) is 6.01. The van der Waals surface area contributed by atoms with Gasteiger partial charge in [0, 0.05) is 13.1 Å². The zero-order valence-electron chi connectivity index (χ0n) is 32.8. The molecule has 0 bridgehead atoms. The molecule has 0 fully saturated rings. The van der Waals surface area contributed by atoms with E-state index in [4.69, 9.17) is 76.8 Å². The number of nitrogens with one attached hydrogen (secondary N) is 1. The van der Waals surface area contributed by atoms with Crippen molar-refractivity contribution in [2.24, 2.45) is 5.73 Å². The van der Waals surface area contributed by atoms with Gasteiger partial charge in [0.25, 0.3) is 0 Å². The van der Waals surface area contributed by atoms with Gasteiger partial charge in [-0.05, 0) is 20.8 Å². The molecule has 0 aliphatic rings. The standard InChI is InChI=1S/C35H72N2O16/c1-35(2,3)53-34(38)37-5-7-40-9-11-42-13-15-44-17-19-46-21-23-48-25-27-50-29-31-52-33-32-51-30-28-49-26-24-47-22-20-45-18-16-43-14-12-41-10-8-39-6-4-36/h4-33,36H2,1-3H3,(H,37,38). The Kier molecular flexibility index (Phi) is 42.3. The van der Waals surface area contributed by atoms with E-state index in [0.29, 0.717) is 198 Å². The van der Waals surface area contributed by atoms with Crippen LogP contribution >= 0.6 is 0 Å². The molecule has 0 heterocycles. The molecule has 18 nitrogen and oxygen atoms in total. The first-order valence-electron chi connectivity index (χ1n) is 18.7. The van der Waals surface area contributed by atoms with Crippen LogP contribution in [0, 0.1) is 0 Å². The Morgan fingerprint density at radius 2 is 0.547 bits per heavy atom. The predicted octanol–water partition coefficient (Wildman–Crippen LogP) is 0.702. The van der Waals surface area contributed by atoms with E-state index < -0.39 is 11.7 Å². The maximum Gasteiger partial charge on any atom is 0.407 e. The molecule has 0 aromatic heterocycles. The van der Waals surface area contributed by atoms with Crippen LogP contribution in [0.3, 0.4) is 0 Å².